The lowest BCUT2D eigenvalue weighted by atomic mass is 10.0. The molecule has 0 fully saturated rings. The predicted molar refractivity (Wildman–Crippen MR) is 91.9 cm³/mol. The Hall–Kier alpha value is -2.17. The second-order valence-corrected chi connectivity index (χ2v) is 6.54. The first-order valence-electron chi connectivity index (χ1n) is 8.44. The number of hydrogen-bond acceptors (Lipinski definition) is 3. The van der Waals surface area contributed by atoms with E-state index in [2.05, 4.69) is 24.1 Å². The monoisotopic (exact) mass is 332 g/mol. The Kier molecular flexibility index (Phi) is 6.53. The van der Waals surface area contributed by atoms with E-state index in [1.807, 2.05) is 6.92 Å². The minimum Gasteiger partial charge on any atom is -0.441 e. The number of oxazole rings is 1. The van der Waals surface area contributed by atoms with Crippen LogP contribution < -0.4 is 5.32 Å². The molecular formula is C19H25FN2O2. The molecule has 1 amide bonds. The summed E-state index contributed by atoms with van der Waals surface area (Å²) in [5, 5.41) is 2.98. The SMILES string of the molecule is CC(C)CCC(C)NC(=O)CCc1ncc(-c2ccccc2F)o1. The number of rotatable bonds is 8. The van der Waals surface area contributed by atoms with Crippen LogP contribution in [0.1, 0.15) is 45.9 Å². The van der Waals surface area contributed by atoms with Crippen LogP contribution in [0.25, 0.3) is 11.3 Å². The quantitative estimate of drug-likeness (QED) is 0.781. The Balaban J connectivity index is 1.83. The summed E-state index contributed by atoms with van der Waals surface area (Å²) >= 11 is 0. The van der Waals surface area contributed by atoms with E-state index in [0.29, 0.717) is 36.0 Å². The van der Waals surface area contributed by atoms with E-state index in [-0.39, 0.29) is 17.8 Å². The predicted octanol–water partition coefficient (Wildman–Crippen LogP) is 4.35. The van der Waals surface area contributed by atoms with E-state index in [9.17, 15) is 9.18 Å². The van der Waals surface area contributed by atoms with Gasteiger partial charge < -0.3 is 9.73 Å². The molecule has 0 spiro atoms. The zero-order valence-electron chi connectivity index (χ0n) is 14.5. The van der Waals surface area contributed by atoms with Crippen LogP contribution in [0, 0.1) is 11.7 Å². The highest BCUT2D eigenvalue weighted by molar-refractivity contribution is 5.76. The summed E-state index contributed by atoms with van der Waals surface area (Å²) in [5.41, 5.74) is 0.378. The molecule has 4 nitrogen and oxygen atoms in total. The van der Waals surface area contributed by atoms with Crippen LogP contribution in [-0.4, -0.2) is 16.9 Å². The number of benzene rings is 1. The van der Waals surface area contributed by atoms with Gasteiger partial charge in [0.05, 0.1) is 11.8 Å². The molecule has 1 heterocycles. The van der Waals surface area contributed by atoms with Crippen molar-refractivity contribution in [2.75, 3.05) is 0 Å². The highest BCUT2D eigenvalue weighted by Gasteiger charge is 2.13. The third-order valence-corrected chi connectivity index (χ3v) is 3.84. The normalized spacial score (nSPS) is 12.4. The minimum atomic E-state index is -0.350. The molecular weight excluding hydrogens is 307 g/mol. The van der Waals surface area contributed by atoms with Gasteiger partial charge in [0.25, 0.3) is 0 Å². The van der Waals surface area contributed by atoms with Gasteiger partial charge in [0.1, 0.15) is 5.82 Å². The van der Waals surface area contributed by atoms with E-state index in [0.717, 1.165) is 12.8 Å². The van der Waals surface area contributed by atoms with Crippen molar-refractivity contribution in [2.24, 2.45) is 5.92 Å². The second kappa shape index (κ2) is 8.62. The molecule has 130 valence electrons. The van der Waals surface area contributed by atoms with Crippen molar-refractivity contribution in [3.8, 4) is 11.3 Å². The van der Waals surface area contributed by atoms with Crippen LogP contribution in [0.3, 0.4) is 0 Å². The molecule has 2 aromatic rings. The van der Waals surface area contributed by atoms with Crippen LogP contribution in [0.15, 0.2) is 34.9 Å². The molecule has 5 heteroatoms. The fraction of sp³-hybridized carbons (Fsp3) is 0.474. The fourth-order valence-corrected chi connectivity index (χ4v) is 2.43. The number of nitrogens with zero attached hydrogens (tertiary/aromatic N) is 1. The second-order valence-electron chi connectivity index (χ2n) is 6.54. The maximum Gasteiger partial charge on any atom is 0.220 e. The van der Waals surface area contributed by atoms with Crippen molar-refractivity contribution < 1.29 is 13.6 Å². The minimum absolute atomic E-state index is 0.0168. The summed E-state index contributed by atoms with van der Waals surface area (Å²) in [7, 11) is 0. The fourth-order valence-electron chi connectivity index (χ4n) is 2.43. The number of aromatic nitrogens is 1. The summed E-state index contributed by atoms with van der Waals surface area (Å²) in [4.78, 5) is 16.1. The topological polar surface area (TPSA) is 55.1 Å². The lowest BCUT2D eigenvalue weighted by Crippen LogP contribution is -2.32. The first-order chi connectivity index (χ1) is 11.5. The molecule has 0 saturated carbocycles. The summed E-state index contributed by atoms with van der Waals surface area (Å²) in [5.74, 6) is 1.09. The number of aryl methyl sites for hydroxylation is 1. The molecule has 1 aromatic heterocycles. The van der Waals surface area contributed by atoms with E-state index < -0.39 is 0 Å². The van der Waals surface area contributed by atoms with E-state index >= 15 is 0 Å². The molecule has 0 radical (unpaired) electrons. The average molecular weight is 332 g/mol. The zero-order valence-corrected chi connectivity index (χ0v) is 14.5. The van der Waals surface area contributed by atoms with Crippen LogP contribution in [0.4, 0.5) is 4.39 Å². The van der Waals surface area contributed by atoms with Crippen LogP contribution in [0.2, 0.25) is 0 Å². The van der Waals surface area contributed by atoms with Gasteiger partial charge in [-0.15, -0.1) is 0 Å². The highest BCUT2D eigenvalue weighted by atomic mass is 19.1. The molecule has 1 N–H and O–H groups in total. The van der Waals surface area contributed by atoms with Crippen molar-refractivity contribution in [3.63, 3.8) is 0 Å². The van der Waals surface area contributed by atoms with Crippen LogP contribution >= 0.6 is 0 Å². The number of amides is 1. The Morgan fingerprint density at radius 1 is 1.25 bits per heavy atom. The van der Waals surface area contributed by atoms with Gasteiger partial charge in [0.15, 0.2) is 11.7 Å². The van der Waals surface area contributed by atoms with Crippen molar-refractivity contribution >= 4 is 5.91 Å². The third-order valence-electron chi connectivity index (χ3n) is 3.84. The van der Waals surface area contributed by atoms with E-state index in [1.54, 1.807) is 18.2 Å². The van der Waals surface area contributed by atoms with Gasteiger partial charge in [0, 0.05) is 18.9 Å². The Morgan fingerprint density at radius 2 is 2.00 bits per heavy atom. The average Bonchev–Trinajstić information content (AvgIpc) is 3.00. The Labute approximate surface area is 142 Å². The largest absolute Gasteiger partial charge is 0.441 e. The van der Waals surface area contributed by atoms with Gasteiger partial charge in [-0.2, -0.15) is 0 Å². The molecule has 1 aromatic carbocycles. The number of carbonyl (C=O) groups is 1. The Morgan fingerprint density at radius 3 is 2.71 bits per heavy atom. The maximum absolute atomic E-state index is 13.7. The molecule has 2 rings (SSSR count). The Bertz CT molecular complexity index is 667. The van der Waals surface area contributed by atoms with Crippen LogP contribution in [0.5, 0.6) is 0 Å². The molecule has 1 unspecified atom stereocenters. The van der Waals surface area contributed by atoms with Gasteiger partial charge in [-0.05, 0) is 37.8 Å². The van der Waals surface area contributed by atoms with E-state index in [4.69, 9.17) is 4.42 Å². The zero-order chi connectivity index (χ0) is 17.5. The van der Waals surface area contributed by atoms with Gasteiger partial charge >= 0.3 is 0 Å². The number of nitrogens with one attached hydrogen (secondary N) is 1. The molecule has 0 saturated heterocycles. The molecule has 0 bridgehead atoms. The van der Waals surface area contributed by atoms with Crippen molar-refractivity contribution in [1.82, 2.24) is 10.3 Å². The number of carbonyl (C=O) groups excluding carboxylic acids is 1. The number of hydrogen-bond donors (Lipinski definition) is 1. The molecule has 1 atom stereocenters. The third kappa shape index (κ3) is 5.48. The van der Waals surface area contributed by atoms with Crippen LogP contribution in [-0.2, 0) is 11.2 Å². The van der Waals surface area contributed by atoms with Gasteiger partial charge in [-0.1, -0.05) is 26.0 Å². The van der Waals surface area contributed by atoms with Crippen molar-refractivity contribution in [1.29, 1.82) is 0 Å². The van der Waals surface area contributed by atoms with Gasteiger partial charge in [0.2, 0.25) is 5.91 Å². The summed E-state index contributed by atoms with van der Waals surface area (Å²) in [6.07, 6.45) is 4.27. The first kappa shape index (κ1) is 18.2. The smallest absolute Gasteiger partial charge is 0.220 e. The number of halogens is 1. The summed E-state index contributed by atoms with van der Waals surface area (Å²) < 4.78 is 19.3. The summed E-state index contributed by atoms with van der Waals surface area (Å²) in [6, 6.07) is 6.55. The lowest BCUT2D eigenvalue weighted by Gasteiger charge is -2.14. The standard InChI is InChI=1S/C19H25FN2O2/c1-13(2)8-9-14(3)22-18(23)10-11-19-21-12-17(24-19)15-6-4-5-7-16(15)20/h4-7,12-14H,8-11H2,1-3H3,(H,22,23). The maximum atomic E-state index is 13.7. The highest BCUT2D eigenvalue weighted by Crippen LogP contribution is 2.23. The summed E-state index contributed by atoms with van der Waals surface area (Å²) in [6.45, 7) is 6.36. The van der Waals surface area contributed by atoms with Crippen molar-refractivity contribution in [3.05, 3.63) is 42.2 Å². The molecule has 0 aliphatic heterocycles. The van der Waals surface area contributed by atoms with E-state index in [1.165, 1.54) is 12.3 Å². The van der Waals surface area contributed by atoms with Crippen molar-refractivity contribution in [2.45, 2.75) is 52.5 Å². The lowest BCUT2D eigenvalue weighted by molar-refractivity contribution is -0.121. The van der Waals surface area contributed by atoms with Gasteiger partial charge in [-0.3, -0.25) is 4.79 Å². The molecule has 0 aliphatic rings. The van der Waals surface area contributed by atoms with Gasteiger partial charge in [-0.25, -0.2) is 9.37 Å². The molecule has 0 aliphatic carbocycles. The molecule has 24 heavy (non-hydrogen) atoms. The first-order valence-corrected chi connectivity index (χ1v) is 8.44.